The van der Waals surface area contributed by atoms with Gasteiger partial charge in [0, 0.05) is 25.2 Å². The number of hydrogen-bond donors (Lipinski definition) is 2. The monoisotopic (exact) mass is 336 g/mol. The maximum absolute atomic E-state index is 13.4. The Morgan fingerprint density at radius 3 is 2.79 bits per heavy atom. The quantitative estimate of drug-likeness (QED) is 0.835. The molecule has 1 heterocycles. The number of benzene rings is 1. The number of carbonyl (C=O) groups is 2. The number of rotatable bonds is 6. The van der Waals surface area contributed by atoms with E-state index in [1.807, 2.05) is 13.8 Å². The smallest absolute Gasteiger partial charge is 0.227 e. The molecule has 2 atom stereocenters. The van der Waals surface area contributed by atoms with Crippen LogP contribution in [0.2, 0.25) is 0 Å². The summed E-state index contributed by atoms with van der Waals surface area (Å²) in [5.74, 6) is -0.904. The minimum atomic E-state index is -0.450. The fourth-order valence-corrected chi connectivity index (χ4v) is 2.75. The number of hydrogen-bond acceptors (Lipinski definition) is 3. The molecule has 1 aliphatic rings. The minimum Gasteiger partial charge on any atom is -0.393 e. The first-order valence-corrected chi connectivity index (χ1v) is 8.32. The third-order valence-electron chi connectivity index (χ3n) is 4.46. The molecule has 24 heavy (non-hydrogen) atoms. The van der Waals surface area contributed by atoms with Crippen molar-refractivity contribution in [2.24, 2.45) is 11.8 Å². The zero-order valence-electron chi connectivity index (χ0n) is 14.4. The molecule has 1 saturated heterocycles. The van der Waals surface area contributed by atoms with Gasteiger partial charge in [0.2, 0.25) is 11.8 Å². The number of anilines is 1. The molecule has 0 spiro atoms. The van der Waals surface area contributed by atoms with Gasteiger partial charge in [-0.05, 0) is 43.0 Å². The highest BCUT2D eigenvalue weighted by Crippen LogP contribution is 2.26. The molecule has 1 aliphatic heterocycles. The van der Waals surface area contributed by atoms with Crippen molar-refractivity contribution in [1.29, 1.82) is 0 Å². The first-order valence-electron chi connectivity index (χ1n) is 8.32. The summed E-state index contributed by atoms with van der Waals surface area (Å²) in [6.07, 6.45) is 0.189. The molecule has 0 aliphatic carbocycles. The minimum absolute atomic E-state index is 0.136. The number of nitrogens with one attached hydrogen (secondary N) is 1. The van der Waals surface area contributed by atoms with Crippen LogP contribution in [0.15, 0.2) is 18.2 Å². The Balaban J connectivity index is 1.91. The highest BCUT2D eigenvalue weighted by Gasteiger charge is 2.35. The molecule has 0 bridgehead atoms. The first kappa shape index (κ1) is 18.4. The molecule has 2 unspecified atom stereocenters. The van der Waals surface area contributed by atoms with Crippen LogP contribution < -0.4 is 10.2 Å². The van der Waals surface area contributed by atoms with E-state index in [-0.39, 0.29) is 30.0 Å². The van der Waals surface area contributed by atoms with Gasteiger partial charge in [-0.3, -0.25) is 9.59 Å². The van der Waals surface area contributed by atoms with Crippen LogP contribution in [-0.2, 0) is 9.59 Å². The summed E-state index contributed by atoms with van der Waals surface area (Å²) < 4.78 is 13.4. The summed E-state index contributed by atoms with van der Waals surface area (Å²) in [7, 11) is 0. The van der Waals surface area contributed by atoms with Gasteiger partial charge in [-0.2, -0.15) is 0 Å². The highest BCUT2D eigenvalue weighted by atomic mass is 19.1. The van der Waals surface area contributed by atoms with Crippen molar-refractivity contribution >= 4 is 17.5 Å². The summed E-state index contributed by atoms with van der Waals surface area (Å²) in [6, 6.07) is 4.50. The van der Waals surface area contributed by atoms with E-state index >= 15 is 0 Å². The van der Waals surface area contributed by atoms with Gasteiger partial charge >= 0.3 is 0 Å². The van der Waals surface area contributed by atoms with Gasteiger partial charge < -0.3 is 15.3 Å². The number of amides is 2. The lowest BCUT2D eigenvalue weighted by atomic mass is 10.0. The van der Waals surface area contributed by atoms with Crippen molar-refractivity contribution in [3.8, 4) is 0 Å². The van der Waals surface area contributed by atoms with Gasteiger partial charge in [-0.1, -0.05) is 13.8 Å². The van der Waals surface area contributed by atoms with Crippen LogP contribution in [0.3, 0.4) is 0 Å². The van der Waals surface area contributed by atoms with E-state index in [2.05, 4.69) is 5.32 Å². The lowest BCUT2D eigenvalue weighted by Crippen LogP contribution is -2.35. The third-order valence-corrected chi connectivity index (χ3v) is 4.46. The number of aryl methyl sites for hydroxylation is 1. The molecule has 2 amide bonds. The van der Waals surface area contributed by atoms with Gasteiger partial charge in [0.15, 0.2) is 0 Å². The molecule has 1 aromatic carbocycles. The molecule has 0 aromatic heterocycles. The van der Waals surface area contributed by atoms with Crippen molar-refractivity contribution in [3.63, 3.8) is 0 Å². The lowest BCUT2D eigenvalue weighted by molar-refractivity contribution is -0.126. The summed E-state index contributed by atoms with van der Waals surface area (Å²) in [6.45, 7) is 6.17. The Hall–Kier alpha value is -1.95. The molecule has 1 aromatic rings. The molecule has 132 valence electrons. The van der Waals surface area contributed by atoms with Crippen molar-refractivity contribution in [1.82, 2.24) is 5.32 Å². The van der Waals surface area contributed by atoms with E-state index in [0.717, 1.165) is 0 Å². The predicted octanol–water partition coefficient (Wildman–Crippen LogP) is 2.01. The van der Waals surface area contributed by atoms with Crippen molar-refractivity contribution in [3.05, 3.63) is 29.6 Å². The van der Waals surface area contributed by atoms with Gasteiger partial charge in [0.25, 0.3) is 0 Å². The Labute approximate surface area is 141 Å². The number of halogens is 1. The standard InChI is InChI=1S/C18H25FN2O3/c1-11(2)16(22)6-7-20-18(24)13-9-17(23)21(10-13)14-4-5-15(19)12(3)8-14/h4-5,8,11,13,16,22H,6-7,9-10H2,1-3H3,(H,20,24). The number of aliphatic hydroxyl groups excluding tert-OH is 1. The van der Waals surface area contributed by atoms with Crippen LogP contribution in [0.25, 0.3) is 0 Å². The van der Waals surface area contributed by atoms with Crippen LogP contribution in [0, 0.1) is 24.6 Å². The van der Waals surface area contributed by atoms with Gasteiger partial charge in [-0.15, -0.1) is 0 Å². The Bertz CT molecular complexity index is 618. The molecule has 5 nitrogen and oxygen atoms in total. The fraction of sp³-hybridized carbons (Fsp3) is 0.556. The maximum Gasteiger partial charge on any atom is 0.227 e. The molecular weight excluding hydrogens is 311 g/mol. The molecule has 2 rings (SSSR count). The van der Waals surface area contributed by atoms with Gasteiger partial charge in [-0.25, -0.2) is 4.39 Å². The van der Waals surface area contributed by atoms with Crippen molar-refractivity contribution < 1.29 is 19.1 Å². The van der Waals surface area contributed by atoms with E-state index in [1.54, 1.807) is 19.1 Å². The molecule has 6 heteroatoms. The first-order chi connectivity index (χ1) is 11.3. The van der Waals surface area contributed by atoms with Gasteiger partial charge in [0.05, 0.1) is 12.0 Å². The zero-order valence-corrected chi connectivity index (χ0v) is 14.4. The normalized spacial score (nSPS) is 19.0. The van der Waals surface area contributed by atoms with E-state index < -0.39 is 12.0 Å². The molecule has 0 saturated carbocycles. The average Bonchev–Trinajstić information content (AvgIpc) is 2.91. The maximum atomic E-state index is 13.4. The second kappa shape index (κ2) is 7.75. The fourth-order valence-electron chi connectivity index (χ4n) is 2.75. The predicted molar refractivity (Wildman–Crippen MR) is 90.1 cm³/mol. The largest absolute Gasteiger partial charge is 0.393 e. The Kier molecular flexibility index (Phi) is 5.94. The molecule has 0 radical (unpaired) electrons. The number of nitrogens with zero attached hydrogens (tertiary/aromatic N) is 1. The Morgan fingerprint density at radius 2 is 2.17 bits per heavy atom. The average molecular weight is 336 g/mol. The summed E-state index contributed by atoms with van der Waals surface area (Å²) >= 11 is 0. The van der Waals surface area contributed by atoms with Crippen molar-refractivity contribution in [2.45, 2.75) is 39.7 Å². The number of aliphatic hydroxyl groups is 1. The van der Waals surface area contributed by atoms with Gasteiger partial charge in [0.1, 0.15) is 5.82 Å². The molecule has 2 N–H and O–H groups in total. The molecular formula is C18H25FN2O3. The SMILES string of the molecule is Cc1cc(N2CC(C(=O)NCCC(O)C(C)C)CC2=O)ccc1F. The molecule has 1 fully saturated rings. The second-order valence-electron chi connectivity index (χ2n) is 6.73. The topological polar surface area (TPSA) is 69.6 Å². The Morgan fingerprint density at radius 1 is 1.46 bits per heavy atom. The van der Waals surface area contributed by atoms with Crippen LogP contribution in [0.5, 0.6) is 0 Å². The summed E-state index contributed by atoms with van der Waals surface area (Å²) in [5, 5.41) is 12.5. The van der Waals surface area contributed by atoms with E-state index in [0.29, 0.717) is 30.8 Å². The number of carbonyl (C=O) groups excluding carboxylic acids is 2. The zero-order chi connectivity index (χ0) is 17.9. The summed E-state index contributed by atoms with van der Waals surface area (Å²) in [4.78, 5) is 25.9. The van der Waals surface area contributed by atoms with Crippen LogP contribution in [0.1, 0.15) is 32.3 Å². The van der Waals surface area contributed by atoms with Crippen LogP contribution in [0.4, 0.5) is 10.1 Å². The summed E-state index contributed by atoms with van der Waals surface area (Å²) in [5.41, 5.74) is 1.08. The van der Waals surface area contributed by atoms with E-state index in [4.69, 9.17) is 0 Å². The third kappa shape index (κ3) is 4.32. The van der Waals surface area contributed by atoms with Crippen LogP contribution in [-0.4, -0.2) is 36.1 Å². The lowest BCUT2D eigenvalue weighted by Gasteiger charge is -2.18. The van der Waals surface area contributed by atoms with E-state index in [9.17, 15) is 19.1 Å². The highest BCUT2D eigenvalue weighted by molar-refractivity contribution is 6.00. The second-order valence-corrected chi connectivity index (χ2v) is 6.73. The van der Waals surface area contributed by atoms with Crippen molar-refractivity contribution in [2.75, 3.05) is 18.0 Å². The van der Waals surface area contributed by atoms with E-state index in [1.165, 1.54) is 11.0 Å². The van der Waals surface area contributed by atoms with Crippen LogP contribution >= 0.6 is 0 Å².